The molecular weight excluding hydrogens is 316 g/mol. The molecule has 1 aromatic rings. The smallest absolute Gasteiger partial charge is 0.315 e. The van der Waals surface area contributed by atoms with Crippen molar-refractivity contribution in [3.63, 3.8) is 0 Å². The predicted octanol–water partition coefficient (Wildman–Crippen LogP) is 2.54. The average molecular weight is 348 g/mol. The number of nitrogens with zero attached hydrogens (tertiary/aromatic N) is 2. The Morgan fingerprint density at radius 3 is 2.72 bits per heavy atom. The summed E-state index contributed by atoms with van der Waals surface area (Å²) in [5, 5.41) is 16.2. The van der Waals surface area contributed by atoms with Gasteiger partial charge in [0.1, 0.15) is 5.82 Å². The zero-order valence-corrected chi connectivity index (χ0v) is 15.7. The van der Waals surface area contributed by atoms with E-state index in [1.54, 1.807) is 13.1 Å². The van der Waals surface area contributed by atoms with Gasteiger partial charge in [-0.05, 0) is 50.7 Å². The van der Waals surface area contributed by atoms with Crippen LogP contribution in [0.4, 0.5) is 10.6 Å². The van der Waals surface area contributed by atoms with Gasteiger partial charge in [-0.1, -0.05) is 19.9 Å². The van der Waals surface area contributed by atoms with Crippen LogP contribution in [-0.2, 0) is 0 Å². The molecule has 1 atom stereocenters. The Morgan fingerprint density at radius 2 is 2.12 bits per heavy atom. The fraction of sp³-hybridized carbons (Fsp3) is 0.684. The van der Waals surface area contributed by atoms with Crippen LogP contribution in [0.2, 0.25) is 0 Å². The number of carbonyl (C=O) groups excluding carboxylic acids is 1. The largest absolute Gasteiger partial charge is 0.388 e. The van der Waals surface area contributed by atoms with Gasteiger partial charge in [0.2, 0.25) is 0 Å². The van der Waals surface area contributed by atoms with E-state index in [1.165, 1.54) is 0 Å². The molecule has 6 heteroatoms. The third-order valence-electron chi connectivity index (χ3n) is 4.69. The number of anilines is 1. The van der Waals surface area contributed by atoms with Gasteiger partial charge in [-0.25, -0.2) is 9.78 Å². The Kier molecular flexibility index (Phi) is 7.05. The van der Waals surface area contributed by atoms with E-state index in [0.717, 1.165) is 38.2 Å². The molecule has 2 rings (SSSR count). The number of rotatable bonds is 7. The molecule has 25 heavy (non-hydrogen) atoms. The highest BCUT2D eigenvalue weighted by molar-refractivity contribution is 5.74. The summed E-state index contributed by atoms with van der Waals surface area (Å²) in [5.74, 6) is 1.54. The number of nitrogens with one attached hydrogen (secondary N) is 2. The van der Waals surface area contributed by atoms with Crippen LogP contribution in [0.15, 0.2) is 24.4 Å². The Hall–Kier alpha value is -1.82. The molecule has 2 amide bonds. The maximum Gasteiger partial charge on any atom is 0.315 e. The highest BCUT2D eigenvalue weighted by Gasteiger charge is 2.24. The van der Waals surface area contributed by atoms with E-state index in [1.807, 2.05) is 18.2 Å². The molecule has 6 nitrogen and oxygen atoms in total. The molecule has 0 aromatic carbocycles. The van der Waals surface area contributed by atoms with Gasteiger partial charge in [-0.2, -0.15) is 0 Å². The molecule has 1 aliphatic rings. The normalized spacial score (nSPS) is 18.0. The maximum absolute atomic E-state index is 12.1. The minimum Gasteiger partial charge on any atom is -0.388 e. The first-order valence-corrected chi connectivity index (χ1v) is 9.28. The third kappa shape index (κ3) is 6.90. The third-order valence-corrected chi connectivity index (χ3v) is 4.69. The van der Waals surface area contributed by atoms with Gasteiger partial charge in [0, 0.05) is 31.9 Å². The van der Waals surface area contributed by atoms with Crippen LogP contribution in [-0.4, -0.2) is 47.4 Å². The Labute approximate surface area is 151 Å². The van der Waals surface area contributed by atoms with E-state index in [0.29, 0.717) is 12.3 Å². The molecule has 3 N–H and O–H groups in total. The van der Waals surface area contributed by atoms with Crippen molar-refractivity contribution in [2.45, 2.75) is 58.1 Å². The van der Waals surface area contributed by atoms with Crippen LogP contribution in [0.5, 0.6) is 0 Å². The molecule has 1 unspecified atom stereocenters. The zero-order chi connectivity index (χ0) is 18.3. The summed E-state index contributed by atoms with van der Waals surface area (Å²) in [7, 11) is 0. The fourth-order valence-electron chi connectivity index (χ4n) is 2.99. The number of carbonyl (C=O) groups is 1. The summed E-state index contributed by atoms with van der Waals surface area (Å²) in [4.78, 5) is 18.7. The quantitative estimate of drug-likeness (QED) is 0.708. The lowest BCUT2D eigenvalue weighted by Gasteiger charge is -2.33. The van der Waals surface area contributed by atoms with Crippen molar-refractivity contribution < 1.29 is 9.90 Å². The van der Waals surface area contributed by atoms with Crippen LogP contribution in [0, 0.1) is 5.92 Å². The van der Waals surface area contributed by atoms with Gasteiger partial charge in [-0.15, -0.1) is 0 Å². The molecule has 1 aromatic heterocycles. The topological polar surface area (TPSA) is 77.5 Å². The summed E-state index contributed by atoms with van der Waals surface area (Å²) in [6.45, 7) is 8.09. The molecule has 0 spiro atoms. The van der Waals surface area contributed by atoms with Crippen molar-refractivity contribution in [2.75, 3.05) is 24.5 Å². The van der Waals surface area contributed by atoms with Crippen LogP contribution in [0.3, 0.4) is 0 Å². The van der Waals surface area contributed by atoms with Gasteiger partial charge in [-0.3, -0.25) is 0 Å². The number of piperidine rings is 1. The number of hydrogen-bond acceptors (Lipinski definition) is 4. The van der Waals surface area contributed by atoms with E-state index in [9.17, 15) is 9.90 Å². The monoisotopic (exact) mass is 348 g/mol. The van der Waals surface area contributed by atoms with Crippen molar-refractivity contribution in [1.29, 1.82) is 0 Å². The second-order valence-electron chi connectivity index (χ2n) is 7.71. The maximum atomic E-state index is 12.1. The molecule has 1 aliphatic heterocycles. The Morgan fingerprint density at radius 1 is 1.40 bits per heavy atom. The van der Waals surface area contributed by atoms with E-state index >= 15 is 0 Å². The molecule has 0 saturated carbocycles. The second kappa shape index (κ2) is 9.04. The molecule has 1 saturated heterocycles. The number of aliphatic hydroxyl groups is 1. The van der Waals surface area contributed by atoms with Crippen LogP contribution in [0.1, 0.15) is 46.5 Å². The number of urea groups is 1. The van der Waals surface area contributed by atoms with Crippen molar-refractivity contribution >= 4 is 11.8 Å². The van der Waals surface area contributed by atoms with Gasteiger partial charge in [0.05, 0.1) is 5.60 Å². The molecule has 0 bridgehead atoms. The first-order chi connectivity index (χ1) is 11.9. The lowest BCUT2D eigenvalue weighted by molar-refractivity contribution is 0.0475. The lowest BCUT2D eigenvalue weighted by atomic mass is 9.95. The van der Waals surface area contributed by atoms with E-state index in [-0.39, 0.29) is 18.6 Å². The van der Waals surface area contributed by atoms with E-state index in [4.69, 9.17) is 0 Å². The second-order valence-corrected chi connectivity index (χ2v) is 7.71. The van der Waals surface area contributed by atoms with Crippen molar-refractivity contribution in [1.82, 2.24) is 15.6 Å². The van der Waals surface area contributed by atoms with Crippen LogP contribution < -0.4 is 15.5 Å². The lowest BCUT2D eigenvalue weighted by Crippen LogP contribution is -2.50. The van der Waals surface area contributed by atoms with E-state index in [2.05, 4.69) is 34.4 Å². The summed E-state index contributed by atoms with van der Waals surface area (Å²) < 4.78 is 0. The Balaban J connectivity index is 1.68. The molecule has 0 radical (unpaired) electrons. The SMILES string of the molecule is CC(C)CCC(C)(O)CNC(=O)NC1CCN(c2ccccn2)CC1. The fourth-order valence-corrected chi connectivity index (χ4v) is 2.99. The summed E-state index contributed by atoms with van der Waals surface area (Å²) in [6, 6.07) is 5.89. The summed E-state index contributed by atoms with van der Waals surface area (Å²) in [6.07, 6.45) is 5.23. The van der Waals surface area contributed by atoms with Crippen LogP contribution >= 0.6 is 0 Å². The Bertz CT molecular complexity index is 525. The highest BCUT2D eigenvalue weighted by atomic mass is 16.3. The minimum atomic E-state index is -0.857. The van der Waals surface area contributed by atoms with Crippen molar-refractivity contribution in [2.24, 2.45) is 5.92 Å². The minimum absolute atomic E-state index is 0.167. The highest BCUT2D eigenvalue weighted by Crippen LogP contribution is 2.17. The van der Waals surface area contributed by atoms with Gasteiger partial charge < -0.3 is 20.6 Å². The number of pyridine rings is 1. The number of amides is 2. The summed E-state index contributed by atoms with van der Waals surface area (Å²) >= 11 is 0. The zero-order valence-electron chi connectivity index (χ0n) is 15.7. The molecular formula is C19H32N4O2. The van der Waals surface area contributed by atoms with E-state index < -0.39 is 5.60 Å². The molecule has 140 valence electrons. The molecule has 2 heterocycles. The molecule has 0 aliphatic carbocycles. The van der Waals surface area contributed by atoms with Gasteiger partial charge >= 0.3 is 6.03 Å². The van der Waals surface area contributed by atoms with Gasteiger partial charge in [0.15, 0.2) is 0 Å². The first kappa shape index (κ1) is 19.5. The standard InChI is InChI=1S/C19H32N4O2/c1-15(2)7-10-19(3,25)14-21-18(24)22-16-8-12-23(13-9-16)17-6-4-5-11-20-17/h4-6,11,15-16,25H,7-10,12-14H2,1-3H3,(H2,21,22,24). The first-order valence-electron chi connectivity index (χ1n) is 9.28. The average Bonchev–Trinajstić information content (AvgIpc) is 2.60. The summed E-state index contributed by atoms with van der Waals surface area (Å²) in [5.41, 5.74) is -0.857. The van der Waals surface area contributed by atoms with Gasteiger partial charge in [0.25, 0.3) is 0 Å². The van der Waals surface area contributed by atoms with Crippen molar-refractivity contribution in [3.05, 3.63) is 24.4 Å². The molecule has 1 fully saturated rings. The predicted molar refractivity (Wildman–Crippen MR) is 101 cm³/mol. The number of hydrogen-bond donors (Lipinski definition) is 3. The van der Waals surface area contributed by atoms with Crippen LogP contribution in [0.25, 0.3) is 0 Å². The number of aromatic nitrogens is 1. The van der Waals surface area contributed by atoms with Crippen molar-refractivity contribution in [3.8, 4) is 0 Å².